The van der Waals surface area contributed by atoms with Crippen LogP contribution in [0, 0.1) is 0 Å². The highest BCUT2D eigenvalue weighted by Crippen LogP contribution is 2.08. The Balaban J connectivity index is 2.24. The van der Waals surface area contributed by atoms with Gasteiger partial charge in [-0.3, -0.25) is 18.7 Å². The molecular weight excluding hydrogens is 368 g/mol. The van der Waals surface area contributed by atoms with Gasteiger partial charge in [-0.25, -0.2) is 9.78 Å². The summed E-state index contributed by atoms with van der Waals surface area (Å²) in [4.78, 5) is 39.9. The Kier molecular flexibility index (Phi) is 5.40. The molecule has 1 unspecified atom stereocenters. The molecule has 0 N–H and O–H groups in total. The third-order valence-electron chi connectivity index (χ3n) is 3.61. The molecule has 0 aromatic carbocycles. The number of imidazole rings is 1. The van der Waals surface area contributed by atoms with Crippen molar-refractivity contribution in [2.45, 2.75) is 32.4 Å². The first-order valence-corrected chi connectivity index (χ1v) is 8.33. The molecule has 0 radical (unpaired) electrons. The Labute approximate surface area is 140 Å². The smallest absolute Gasteiger partial charge is 0.332 e. The molecule has 2 rings (SSSR count). The SMILES string of the molecule is CC(=O)OC(CBr)CCCn1c(=O)c2c(ncn2C)n(C)c1=O. The number of esters is 1. The predicted octanol–water partition coefficient (Wildman–Crippen LogP) is 0.540. The second-order valence-corrected chi connectivity index (χ2v) is 6.00. The van der Waals surface area contributed by atoms with Gasteiger partial charge in [0.15, 0.2) is 11.2 Å². The first-order valence-electron chi connectivity index (χ1n) is 7.20. The van der Waals surface area contributed by atoms with Crippen LogP contribution in [-0.2, 0) is 30.2 Å². The lowest BCUT2D eigenvalue weighted by atomic mass is 10.2. The van der Waals surface area contributed by atoms with Crippen molar-refractivity contribution >= 4 is 33.1 Å². The summed E-state index contributed by atoms with van der Waals surface area (Å²) in [7, 11) is 3.31. The second-order valence-electron chi connectivity index (χ2n) is 5.35. The van der Waals surface area contributed by atoms with E-state index >= 15 is 0 Å². The maximum atomic E-state index is 12.5. The average molecular weight is 387 g/mol. The van der Waals surface area contributed by atoms with Gasteiger partial charge in [0.05, 0.1) is 6.33 Å². The van der Waals surface area contributed by atoms with Gasteiger partial charge in [0.1, 0.15) is 6.10 Å². The van der Waals surface area contributed by atoms with Gasteiger partial charge >= 0.3 is 11.7 Å². The van der Waals surface area contributed by atoms with E-state index < -0.39 is 5.69 Å². The van der Waals surface area contributed by atoms with Gasteiger partial charge in [-0.05, 0) is 12.8 Å². The number of hydrogen-bond donors (Lipinski definition) is 0. The Bertz CT molecular complexity index is 836. The van der Waals surface area contributed by atoms with Crippen LogP contribution in [0.15, 0.2) is 15.9 Å². The predicted molar refractivity (Wildman–Crippen MR) is 88.8 cm³/mol. The third-order valence-corrected chi connectivity index (χ3v) is 4.34. The van der Waals surface area contributed by atoms with E-state index in [1.54, 1.807) is 18.7 Å². The highest BCUT2D eigenvalue weighted by Gasteiger charge is 2.16. The second kappa shape index (κ2) is 7.12. The minimum absolute atomic E-state index is 0.261. The first-order chi connectivity index (χ1) is 10.9. The molecule has 23 heavy (non-hydrogen) atoms. The number of fused-ring (bicyclic) bond motifs is 1. The standard InChI is InChI=1S/C14H19BrN4O4/c1-9(20)23-10(7-15)5-4-6-19-13(21)11-12(16-8-17(11)2)18(3)14(19)22/h8,10H,4-7H2,1-3H3. The largest absolute Gasteiger partial charge is 0.462 e. The Morgan fingerprint density at radius 2 is 2.09 bits per heavy atom. The lowest BCUT2D eigenvalue weighted by molar-refractivity contribution is -0.145. The van der Waals surface area contributed by atoms with Crippen LogP contribution in [0.5, 0.6) is 0 Å². The molecule has 2 aromatic rings. The Morgan fingerprint density at radius 3 is 2.70 bits per heavy atom. The molecule has 0 saturated heterocycles. The van der Waals surface area contributed by atoms with Crippen molar-refractivity contribution in [3.63, 3.8) is 0 Å². The molecule has 126 valence electrons. The van der Waals surface area contributed by atoms with Crippen molar-refractivity contribution < 1.29 is 9.53 Å². The molecule has 0 fully saturated rings. The Morgan fingerprint density at radius 1 is 1.39 bits per heavy atom. The number of alkyl halides is 1. The zero-order valence-electron chi connectivity index (χ0n) is 13.3. The lowest BCUT2D eigenvalue weighted by Crippen LogP contribution is -2.39. The van der Waals surface area contributed by atoms with E-state index in [4.69, 9.17) is 4.74 Å². The highest BCUT2D eigenvalue weighted by molar-refractivity contribution is 9.09. The summed E-state index contributed by atoms with van der Waals surface area (Å²) < 4.78 is 9.30. The fraction of sp³-hybridized carbons (Fsp3) is 0.571. The lowest BCUT2D eigenvalue weighted by Gasteiger charge is -2.14. The zero-order chi connectivity index (χ0) is 17.1. The van der Waals surface area contributed by atoms with E-state index in [1.165, 1.54) is 22.4 Å². The van der Waals surface area contributed by atoms with Crippen LogP contribution in [-0.4, -0.2) is 36.1 Å². The normalized spacial score (nSPS) is 12.5. The molecule has 2 heterocycles. The van der Waals surface area contributed by atoms with Gasteiger partial charge in [0, 0.05) is 32.9 Å². The number of aromatic nitrogens is 4. The number of ether oxygens (including phenoxy) is 1. The number of aryl methyl sites for hydroxylation is 2. The van der Waals surface area contributed by atoms with Crippen molar-refractivity contribution in [3.05, 3.63) is 27.2 Å². The highest BCUT2D eigenvalue weighted by atomic mass is 79.9. The maximum absolute atomic E-state index is 12.5. The molecule has 0 aliphatic rings. The maximum Gasteiger partial charge on any atom is 0.332 e. The molecule has 0 aliphatic carbocycles. The van der Waals surface area contributed by atoms with Crippen molar-refractivity contribution in [2.24, 2.45) is 14.1 Å². The van der Waals surface area contributed by atoms with E-state index in [1.807, 2.05) is 0 Å². The molecule has 0 spiro atoms. The van der Waals surface area contributed by atoms with Crippen molar-refractivity contribution in [3.8, 4) is 0 Å². The minimum Gasteiger partial charge on any atom is -0.462 e. The van der Waals surface area contributed by atoms with Gasteiger partial charge in [0.25, 0.3) is 5.56 Å². The summed E-state index contributed by atoms with van der Waals surface area (Å²) in [6.07, 6.45) is 2.34. The molecule has 0 saturated carbocycles. The molecule has 0 amide bonds. The number of hydrogen-bond acceptors (Lipinski definition) is 5. The first kappa shape index (κ1) is 17.5. The Hall–Kier alpha value is -1.90. The number of carbonyl (C=O) groups excluding carboxylic acids is 1. The topological polar surface area (TPSA) is 88.1 Å². The van der Waals surface area contributed by atoms with Crippen molar-refractivity contribution in [1.82, 2.24) is 18.7 Å². The van der Waals surface area contributed by atoms with E-state index in [9.17, 15) is 14.4 Å². The monoisotopic (exact) mass is 386 g/mol. The van der Waals surface area contributed by atoms with Crippen molar-refractivity contribution in [1.29, 1.82) is 0 Å². The van der Waals surface area contributed by atoms with Gasteiger partial charge in [-0.15, -0.1) is 0 Å². The summed E-state index contributed by atoms with van der Waals surface area (Å²) in [5.41, 5.74) is 0.0104. The van der Waals surface area contributed by atoms with E-state index in [0.29, 0.717) is 29.3 Å². The quantitative estimate of drug-likeness (QED) is 0.533. The summed E-state index contributed by atoms with van der Waals surface area (Å²) in [6.45, 7) is 1.61. The van der Waals surface area contributed by atoms with Crippen molar-refractivity contribution in [2.75, 3.05) is 5.33 Å². The molecule has 0 bridgehead atoms. The number of carbonyl (C=O) groups is 1. The van der Waals surface area contributed by atoms with Gasteiger partial charge < -0.3 is 9.30 Å². The average Bonchev–Trinajstić information content (AvgIpc) is 2.89. The van der Waals surface area contributed by atoms with Crippen LogP contribution in [0.2, 0.25) is 0 Å². The van der Waals surface area contributed by atoms with E-state index in [-0.39, 0.29) is 24.2 Å². The number of halogens is 1. The molecule has 0 aliphatic heterocycles. The fourth-order valence-electron chi connectivity index (χ4n) is 2.47. The molecule has 8 nitrogen and oxygen atoms in total. The molecule has 9 heteroatoms. The molecular formula is C14H19BrN4O4. The minimum atomic E-state index is -0.399. The van der Waals surface area contributed by atoms with Crippen LogP contribution < -0.4 is 11.2 Å². The van der Waals surface area contributed by atoms with Gasteiger partial charge in [-0.1, -0.05) is 15.9 Å². The summed E-state index contributed by atoms with van der Waals surface area (Å²) in [5.74, 6) is -0.348. The van der Waals surface area contributed by atoms with Crippen LogP contribution in [0.4, 0.5) is 0 Å². The van der Waals surface area contributed by atoms with Crippen LogP contribution in [0.25, 0.3) is 11.2 Å². The number of rotatable bonds is 6. The summed E-state index contributed by atoms with van der Waals surface area (Å²) >= 11 is 3.29. The molecule has 2 aromatic heterocycles. The van der Waals surface area contributed by atoms with Crippen LogP contribution in [0.3, 0.4) is 0 Å². The zero-order valence-corrected chi connectivity index (χ0v) is 14.9. The number of nitrogens with zero attached hydrogens (tertiary/aromatic N) is 4. The van der Waals surface area contributed by atoms with E-state index in [2.05, 4.69) is 20.9 Å². The van der Waals surface area contributed by atoms with Gasteiger partial charge in [0.2, 0.25) is 0 Å². The fourth-order valence-corrected chi connectivity index (χ4v) is 2.93. The third kappa shape index (κ3) is 3.54. The van der Waals surface area contributed by atoms with Gasteiger partial charge in [-0.2, -0.15) is 0 Å². The summed E-state index contributed by atoms with van der Waals surface area (Å²) in [6, 6.07) is 0. The molecule has 1 atom stereocenters. The van der Waals surface area contributed by atoms with E-state index in [0.717, 1.165) is 0 Å². The van der Waals surface area contributed by atoms with Crippen LogP contribution in [0.1, 0.15) is 19.8 Å². The summed E-state index contributed by atoms with van der Waals surface area (Å²) in [5, 5.41) is 0.514. The van der Waals surface area contributed by atoms with Crippen LogP contribution >= 0.6 is 15.9 Å².